The number of carbonyl (C=O) groups is 2. The predicted octanol–water partition coefficient (Wildman–Crippen LogP) is 3.95. The summed E-state index contributed by atoms with van der Waals surface area (Å²) in [5, 5.41) is 0.639. The normalized spacial score (nSPS) is 10.6. The summed E-state index contributed by atoms with van der Waals surface area (Å²) in [7, 11) is 1.34. The van der Waals surface area contributed by atoms with E-state index in [1.54, 1.807) is 23.1 Å². The van der Waals surface area contributed by atoms with Crippen LogP contribution in [0.3, 0.4) is 0 Å². The van der Waals surface area contributed by atoms with Crippen molar-refractivity contribution >= 4 is 29.6 Å². The minimum absolute atomic E-state index is 0.148. The molecule has 0 bridgehead atoms. The molecule has 0 N–H and O–H groups in total. The Morgan fingerprint density at radius 3 is 2.40 bits per heavy atom. The van der Waals surface area contributed by atoms with Crippen molar-refractivity contribution < 1.29 is 14.3 Å². The molecule has 0 aromatic heterocycles. The summed E-state index contributed by atoms with van der Waals surface area (Å²) in [6.45, 7) is 0.680. The van der Waals surface area contributed by atoms with Crippen molar-refractivity contribution in [1.82, 2.24) is 4.90 Å². The highest BCUT2D eigenvalue weighted by Crippen LogP contribution is 2.13. The molecule has 0 fully saturated rings. The highest BCUT2D eigenvalue weighted by Gasteiger charge is 2.13. The highest BCUT2D eigenvalue weighted by molar-refractivity contribution is 6.30. The third-order valence-corrected chi connectivity index (χ3v) is 3.88. The molecule has 0 atom stereocenters. The molecule has 0 heterocycles. The zero-order valence-electron chi connectivity index (χ0n) is 14.0. The van der Waals surface area contributed by atoms with Gasteiger partial charge in [-0.1, -0.05) is 54.1 Å². The van der Waals surface area contributed by atoms with Gasteiger partial charge >= 0.3 is 5.97 Å². The first kappa shape index (κ1) is 18.7. The number of esters is 1. The highest BCUT2D eigenvalue weighted by atomic mass is 35.5. The second-order valence-corrected chi connectivity index (χ2v) is 5.89. The quantitative estimate of drug-likeness (QED) is 0.557. The van der Waals surface area contributed by atoms with Crippen LogP contribution in [0.4, 0.5) is 0 Å². The van der Waals surface area contributed by atoms with Crippen LogP contribution in [0.2, 0.25) is 5.02 Å². The fraction of sp³-hybridized carbons (Fsp3) is 0.200. The van der Waals surface area contributed by atoms with Gasteiger partial charge in [0, 0.05) is 24.2 Å². The first-order chi connectivity index (χ1) is 12.1. The van der Waals surface area contributed by atoms with Crippen molar-refractivity contribution in [2.45, 2.75) is 13.0 Å². The molecule has 0 saturated carbocycles. The predicted molar refractivity (Wildman–Crippen MR) is 99.0 cm³/mol. The number of methoxy groups -OCH3 is 1. The van der Waals surface area contributed by atoms with Crippen LogP contribution in [0.5, 0.6) is 0 Å². The molecule has 0 aliphatic carbocycles. The van der Waals surface area contributed by atoms with Crippen molar-refractivity contribution in [2.75, 3.05) is 13.7 Å². The van der Waals surface area contributed by atoms with E-state index in [0.29, 0.717) is 11.6 Å². The zero-order valence-corrected chi connectivity index (χ0v) is 14.8. The van der Waals surface area contributed by atoms with E-state index < -0.39 is 0 Å². The van der Waals surface area contributed by atoms with Crippen LogP contribution < -0.4 is 0 Å². The van der Waals surface area contributed by atoms with Gasteiger partial charge < -0.3 is 9.64 Å². The Morgan fingerprint density at radius 1 is 1.08 bits per heavy atom. The van der Waals surface area contributed by atoms with Crippen molar-refractivity contribution in [3.8, 4) is 0 Å². The SMILES string of the molecule is COC(=O)CCN(Cc1ccc(Cl)cc1)C(=O)/C=C/c1ccccc1. The van der Waals surface area contributed by atoms with E-state index in [2.05, 4.69) is 4.74 Å². The standard InChI is InChI=1S/C20H20ClNO3/c1-25-20(24)13-14-22(15-17-7-10-18(21)11-8-17)19(23)12-9-16-5-3-2-4-6-16/h2-12H,13-15H2,1H3/b12-9+. The molecule has 0 unspecified atom stereocenters. The lowest BCUT2D eigenvalue weighted by Gasteiger charge is -2.21. The number of ether oxygens (including phenoxy) is 1. The largest absolute Gasteiger partial charge is 0.469 e. The Kier molecular flexibility index (Phi) is 7.23. The van der Waals surface area contributed by atoms with Gasteiger partial charge in [-0.15, -0.1) is 0 Å². The third kappa shape index (κ3) is 6.43. The lowest BCUT2D eigenvalue weighted by molar-refractivity contribution is -0.141. The molecule has 2 rings (SSSR count). The first-order valence-electron chi connectivity index (χ1n) is 7.92. The Hall–Kier alpha value is -2.59. The fourth-order valence-electron chi connectivity index (χ4n) is 2.24. The molecular weight excluding hydrogens is 338 g/mol. The maximum atomic E-state index is 12.5. The summed E-state index contributed by atoms with van der Waals surface area (Å²) in [6, 6.07) is 16.9. The van der Waals surface area contributed by atoms with Crippen LogP contribution in [-0.2, 0) is 20.9 Å². The van der Waals surface area contributed by atoms with E-state index in [-0.39, 0.29) is 24.8 Å². The minimum atomic E-state index is -0.346. The average Bonchev–Trinajstić information content (AvgIpc) is 2.65. The summed E-state index contributed by atoms with van der Waals surface area (Å²) >= 11 is 5.90. The number of benzene rings is 2. The molecular formula is C20H20ClNO3. The summed E-state index contributed by atoms with van der Waals surface area (Å²) < 4.78 is 4.66. The second-order valence-electron chi connectivity index (χ2n) is 5.46. The van der Waals surface area contributed by atoms with Crippen LogP contribution in [0.25, 0.3) is 6.08 Å². The van der Waals surface area contributed by atoms with Gasteiger partial charge in [0.25, 0.3) is 0 Å². The Balaban J connectivity index is 2.08. The third-order valence-electron chi connectivity index (χ3n) is 3.63. The summed E-state index contributed by atoms with van der Waals surface area (Å²) in [5.41, 5.74) is 1.88. The summed E-state index contributed by atoms with van der Waals surface area (Å²) in [5.74, 6) is -0.511. The molecule has 2 aromatic rings. The van der Waals surface area contributed by atoms with Crippen LogP contribution >= 0.6 is 11.6 Å². The monoisotopic (exact) mass is 357 g/mol. The number of hydrogen-bond acceptors (Lipinski definition) is 3. The van der Waals surface area contributed by atoms with Crippen LogP contribution in [-0.4, -0.2) is 30.4 Å². The number of halogens is 1. The molecule has 0 saturated heterocycles. The van der Waals surface area contributed by atoms with Gasteiger partial charge in [-0.05, 0) is 29.3 Å². The van der Waals surface area contributed by atoms with E-state index in [9.17, 15) is 9.59 Å². The van der Waals surface area contributed by atoms with Crippen molar-refractivity contribution in [1.29, 1.82) is 0 Å². The number of rotatable bonds is 7. The van der Waals surface area contributed by atoms with Gasteiger partial charge in [0.1, 0.15) is 0 Å². The molecule has 25 heavy (non-hydrogen) atoms. The molecule has 0 aliphatic heterocycles. The van der Waals surface area contributed by atoms with Gasteiger partial charge in [0.15, 0.2) is 0 Å². The fourth-order valence-corrected chi connectivity index (χ4v) is 2.37. The van der Waals surface area contributed by atoms with Crippen molar-refractivity contribution in [3.63, 3.8) is 0 Å². The molecule has 4 nitrogen and oxygen atoms in total. The zero-order chi connectivity index (χ0) is 18.1. The topological polar surface area (TPSA) is 46.6 Å². The van der Waals surface area contributed by atoms with Crippen molar-refractivity contribution in [3.05, 3.63) is 76.8 Å². The number of nitrogens with zero attached hydrogens (tertiary/aromatic N) is 1. The molecule has 0 radical (unpaired) electrons. The van der Waals surface area contributed by atoms with Crippen LogP contribution in [0, 0.1) is 0 Å². The van der Waals surface area contributed by atoms with E-state index >= 15 is 0 Å². The Bertz CT molecular complexity index is 726. The van der Waals surface area contributed by atoms with Crippen molar-refractivity contribution in [2.24, 2.45) is 0 Å². The molecule has 1 amide bonds. The minimum Gasteiger partial charge on any atom is -0.469 e. The van der Waals surface area contributed by atoms with Gasteiger partial charge in [-0.3, -0.25) is 9.59 Å². The lowest BCUT2D eigenvalue weighted by Crippen LogP contribution is -2.31. The number of amides is 1. The smallest absolute Gasteiger partial charge is 0.307 e. The van der Waals surface area contributed by atoms with Gasteiger partial charge in [-0.2, -0.15) is 0 Å². The number of carbonyl (C=O) groups excluding carboxylic acids is 2. The summed E-state index contributed by atoms with van der Waals surface area (Å²) in [4.78, 5) is 25.6. The van der Waals surface area contributed by atoms with E-state index in [1.807, 2.05) is 42.5 Å². The molecule has 0 aliphatic rings. The van der Waals surface area contributed by atoms with Crippen LogP contribution in [0.15, 0.2) is 60.7 Å². The summed E-state index contributed by atoms with van der Waals surface area (Å²) in [6.07, 6.45) is 3.42. The lowest BCUT2D eigenvalue weighted by atomic mass is 10.2. The van der Waals surface area contributed by atoms with E-state index in [0.717, 1.165) is 11.1 Å². The van der Waals surface area contributed by atoms with Gasteiger partial charge in [-0.25, -0.2) is 0 Å². The second kappa shape index (κ2) is 9.64. The molecule has 0 spiro atoms. The molecule has 130 valence electrons. The Morgan fingerprint density at radius 2 is 1.76 bits per heavy atom. The van der Waals surface area contributed by atoms with E-state index in [4.69, 9.17) is 11.6 Å². The first-order valence-corrected chi connectivity index (χ1v) is 8.29. The molecule has 5 heteroatoms. The maximum absolute atomic E-state index is 12.5. The van der Waals surface area contributed by atoms with Gasteiger partial charge in [0.05, 0.1) is 13.5 Å². The Labute approximate surface area is 152 Å². The average molecular weight is 358 g/mol. The van der Waals surface area contributed by atoms with Crippen LogP contribution in [0.1, 0.15) is 17.5 Å². The molecule has 2 aromatic carbocycles. The van der Waals surface area contributed by atoms with E-state index in [1.165, 1.54) is 13.2 Å². The number of hydrogen-bond donors (Lipinski definition) is 0. The maximum Gasteiger partial charge on any atom is 0.307 e. The van der Waals surface area contributed by atoms with Gasteiger partial charge in [0.2, 0.25) is 5.91 Å².